The van der Waals surface area contributed by atoms with E-state index >= 15 is 0 Å². The van der Waals surface area contributed by atoms with Crippen LogP contribution in [0.4, 0.5) is 5.69 Å². The summed E-state index contributed by atoms with van der Waals surface area (Å²) in [5, 5.41) is 4.99. The van der Waals surface area contributed by atoms with E-state index in [4.69, 9.17) is 9.72 Å². The molecule has 1 saturated heterocycles. The molecule has 0 N–H and O–H groups in total. The van der Waals surface area contributed by atoms with E-state index in [1.807, 2.05) is 55.5 Å². The molecule has 1 unspecified atom stereocenters. The molecule has 0 saturated carbocycles. The molecule has 1 aliphatic rings. The highest BCUT2D eigenvalue weighted by molar-refractivity contribution is 6.04. The van der Waals surface area contributed by atoms with E-state index in [-0.39, 0.29) is 5.91 Å². The van der Waals surface area contributed by atoms with E-state index in [1.165, 1.54) is 0 Å². The number of nitrogens with zero attached hydrogens (tertiary/aromatic N) is 5. The van der Waals surface area contributed by atoms with Gasteiger partial charge in [-0.3, -0.25) is 4.79 Å². The molecule has 2 aromatic heterocycles. The van der Waals surface area contributed by atoms with Gasteiger partial charge in [0.2, 0.25) is 0 Å². The number of aryl methyl sites for hydroxylation is 1. The van der Waals surface area contributed by atoms with Crippen molar-refractivity contribution in [3.8, 4) is 11.3 Å². The number of pyridine rings is 1. The number of fused-ring (bicyclic) bond motifs is 1. The topological polar surface area (TPSA) is 80.6 Å². The Hall–Kier alpha value is -4.20. The SMILES string of the molecule is CCn1ncc2c(C(=O)OC(C)C(=O)N3CCN(c4ccccc4)CC3)cc(-c3ccccc3)nc21. The van der Waals surface area contributed by atoms with Gasteiger partial charge in [0.25, 0.3) is 5.91 Å². The largest absolute Gasteiger partial charge is 0.449 e. The van der Waals surface area contributed by atoms with Crippen molar-refractivity contribution in [2.45, 2.75) is 26.5 Å². The predicted octanol–water partition coefficient (Wildman–Crippen LogP) is 4.01. The van der Waals surface area contributed by atoms with Gasteiger partial charge in [0.05, 0.1) is 22.8 Å². The van der Waals surface area contributed by atoms with Crippen molar-refractivity contribution in [2.75, 3.05) is 31.1 Å². The van der Waals surface area contributed by atoms with Crippen LogP contribution in [0.25, 0.3) is 22.3 Å². The number of aromatic nitrogens is 3. The molecule has 1 amide bonds. The summed E-state index contributed by atoms with van der Waals surface area (Å²) >= 11 is 0. The Morgan fingerprint density at radius 3 is 2.31 bits per heavy atom. The molecule has 8 heteroatoms. The van der Waals surface area contributed by atoms with Crippen molar-refractivity contribution in [1.82, 2.24) is 19.7 Å². The second kappa shape index (κ2) is 10.2. The Bertz CT molecular complexity index is 1360. The summed E-state index contributed by atoms with van der Waals surface area (Å²) in [6, 6.07) is 21.5. The number of benzene rings is 2. The van der Waals surface area contributed by atoms with Gasteiger partial charge in [0.15, 0.2) is 11.8 Å². The van der Waals surface area contributed by atoms with Crippen LogP contribution in [0, 0.1) is 0 Å². The minimum absolute atomic E-state index is 0.186. The number of ether oxygens (including phenoxy) is 1. The van der Waals surface area contributed by atoms with E-state index in [1.54, 1.807) is 28.8 Å². The van der Waals surface area contributed by atoms with Crippen molar-refractivity contribution in [2.24, 2.45) is 0 Å². The predicted molar refractivity (Wildman–Crippen MR) is 139 cm³/mol. The highest BCUT2D eigenvalue weighted by atomic mass is 16.5. The van der Waals surface area contributed by atoms with E-state index < -0.39 is 12.1 Å². The van der Waals surface area contributed by atoms with Crippen LogP contribution in [0.3, 0.4) is 0 Å². The molecule has 184 valence electrons. The maximum Gasteiger partial charge on any atom is 0.339 e. The third-order valence-corrected chi connectivity index (χ3v) is 6.54. The molecule has 0 spiro atoms. The van der Waals surface area contributed by atoms with Crippen LogP contribution < -0.4 is 4.90 Å². The van der Waals surface area contributed by atoms with Gasteiger partial charge >= 0.3 is 5.97 Å². The van der Waals surface area contributed by atoms with E-state index in [9.17, 15) is 9.59 Å². The molecular formula is C28H29N5O3. The molecule has 3 heterocycles. The molecule has 8 nitrogen and oxygen atoms in total. The van der Waals surface area contributed by atoms with Gasteiger partial charge in [-0.15, -0.1) is 0 Å². The van der Waals surface area contributed by atoms with E-state index in [0.29, 0.717) is 41.9 Å². The quantitative estimate of drug-likeness (QED) is 0.386. The van der Waals surface area contributed by atoms with Gasteiger partial charge in [-0.2, -0.15) is 5.10 Å². The summed E-state index contributed by atoms with van der Waals surface area (Å²) in [4.78, 5) is 35.2. The van der Waals surface area contributed by atoms with Gasteiger partial charge in [0.1, 0.15) is 0 Å². The number of esters is 1. The summed E-state index contributed by atoms with van der Waals surface area (Å²) in [5.41, 5.74) is 3.65. The van der Waals surface area contributed by atoms with E-state index in [2.05, 4.69) is 22.1 Å². The highest BCUT2D eigenvalue weighted by Gasteiger charge is 2.28. The van der Waals surface area contributed by atoms with Crippen LogP contribution in [0.15, 0.2) is 72.9 Å². The zero-order chi connectivity index (χ0) is 25.1. The second-order valence-electron chi connectivity index (χ2n) is 8.81. The number of piperazine rings is 1. The molecule has 2 aromatic carbocycles. The summed E-state index contributed by atoms with van der Waals surface area (Å²) in [7, 11) is 0. The third kappa shape index (κ3) is 4.66. The fourth-order valence-electron chi connectivity index (χ4n) is 4.56. The van der Waals surface area contributed by atoms with Crippen molar-refractivity contribution < 1.29 is 14.3 Å². The number of para-hydroxylation sites is 1. The van der Waals surface area contributed by atoms with Gasteiger partial charge in [-0.1, -0.05) is 48.5 Å². The molecule has 0 radical (unpaired) electrons. The summed E-state index contributed by atoms with van der Waals surface area (Å²) in [5.74, 6) is -0.743. The Labute approximate surface area is 210 Å². The summed E-state index contributed by atoms with van der Waals surface area (Å²) in [6.45, 7) is 6.85. The average Bonchev–Trinajstić information content (AvgIpc) is 3.36. The monoisotopic (exact) mass is 483 g/mol. The number of hydrogen-bond acceptors (Lipinski definition) is 6. The van der Waals surface area contributed by atoms with Crippen molar-refractivity contribution in [1.29, 1.82) is 0 Å². The lowest BCUT2D eigenvalue weighted by molar-refractivity contribution is -0.140. The molecule has 5 rings (SSSR count). The smallest absolute Gasteiger partial charge is 0.339 e. The van der Waals surface area contributed by atoms with Crippen molar-refractivity contribution >= 4 is 28.6 Å². The minimum Gasteiger partial charge on any atom is -0.449 e. The highest BCUT2D eigenvalue weighted by Crippen LogP contribution is 2.26. The minimum atomic E-state index is -0.898. The number of anilines is 1. The Balaban J connectivity index is 1.32. The zero-order valence-electron chi connectivity index (χ0n) is 20.5. The number of rotatable bonds is 6. The lowest BCUT2D eigenvalue weighted by atomic mass is 10.1. The molecule has 4 aromatic rings. The number of amides is 1. The maximum atomic E-state index is 13.3. The van der Waals surface area contributed by atoms with Crippen molar-refractivity contribution in [3.05, 3.63) is 78.5 Å². The first-order valence-electron chi connectivity index (χ1n) is 12.3. The molecule has 36 heavy (non-hydrogen) atoms. The molecule has 1 fully saturated rings. The zero-order valence-corrected chi connectivity index (χ0v) is 20.5. The van der Waals surface area contributed by atoms with Crippen LogP contribution in [0.5, 0.6) is 0 Å². The average molecular weight is 484 g/mol. The first-order chi connectivity index (χ1) is 17.5. The molecule has 1 atom stereocenters. The van der Waals surface area contributed by atoms with Gasteiger partial charge in [0, 0.05) is 44.0 Å². The summed E-state index contributed by atoms with van der Waals surface area (Å²) < 4.78 is 7.45. The Kier molecular flexibility index (Phi) is 6.66. The normalized spacial score (nSPS) is 14.6. The van der Waals surface area contributed by atoms with Crippen LogP contribution >= 0.6 is 0 Å². The standard InChI is InChI=1S/C28H29N5O3/c1-3-33-26-24(19-29-33)23(18-25(30-26)21-10-6-4-7-11-21)28(35)36-20(2)27(34)32-16-14-31(15-17-32)22-12-8-5-9-13-22/h4-13,18-20H,3,14-17H2,1-2H3. The van der Waals surface area contributed by atoms with Crippen LogP contribution in [0.2, 0.25) is 0 Å². The fourth-order valence-corrected chi connectivity index (χ4v) is 4.56. The van der Waals surface area contributed by atoms with Crippen molar-refractivity contribution in [3.63, 3.8) is 0 Å². The number of carbonyl (C=O) groups is 2. The van der Waals surface area contributed by atoms with Gasteiger partial charge in [-0.25, -0.2) is 14.5 Å². The Morgan fingerprint density at radius 1 is 0.972 bits per heavy atom. The number of hydrogen-bond donors (Lipinski definition) is 0. The maximum absolute atomic E-state index is 13.3. The van der Waals surface area contributed by atoms with Crippen LogP contribution in [-0.2, 0) is 16.1 Å². The molecule has 0 aliphatic carbocycles. The third-order valence-electron chi connectivity index (χ3n) is 6.54. The summed E-state index contributed by atoms with van der Waals surface area (Å²) in [6.07, 6.45) is 0.734. The Morgan fingerprint density at radius 2 is 1.64 bits per heavy atom. The lowest BCUT2D eigenvalue weighted by Crippen LogP contribution is -2.51. The molecule has 1 aliphatic heterocycles. The second-order valence-corrected chi connectivity index (χ2v) is 8.81. The van der Waals surface area contributed by atoms with Gasteiger partial charge in [-0.05, 0) is 32.0 Å². The first kappa shape index (κ1) is 23.5. The lowest BCUT2D eigenvalue weighted by Gasteiger charge is -2.37. The van der Waals surface area contributed by atoms with Crippen LogP contribution in [-0.4, -0.2) is 63.8 Å². The van der Waals surface area contributed by atoms with Gasteiger partial charge < -0.3 is 14.5 Å². The first-order valence-corrected chi connectivity index (χ1v) is 12.3. The molecule has 0 bridgehead atoms. The fraction of sp³-hybridized carbons (Fsp3) is 0.286. The van der Waals surface area contributed by atoms with E-state index in [0.717, 1.165) is 24.3 Å². The molecular weight excluding hydrogens is 454 g/mol. The van der Waals surface area contributed by atoms with Crippen LogP contribution in [0.1, 0.15) is 24.2 Å². The number of carbonyl (C=O) groups excluding carboxylic acids is 2.